The average molecular weight is 333 g/mol. The van der Waals surface area contributed by atoms with Gasteiger partial charge in [0.2, 0.25) is 5.91 Å². The fourth-order valence-electron chi connectivity index (χ4n) is 2.06. The number of hydrogen-bond donors (Lipinski definition) is 2. The number of halogens is 2. The quantitative estimate of drug-likeness (QED) is 0.903. The Morgan fingerprint density at radius 3 is 2.08 bits per heavy atom. The van der Waals surface area contributed by atoms with Gasteiger partial charge >= 0.3 is 0 Å². The first-order valence-electron chi connectivity index (χ1n) is 7.13. The van der Waals surface area contributed by atoms with Crippen LogP contribution >= 0.6 is 0 Å². The van der Waals surface area contributed by atoms with Crippen LogP contribution in [0.3, 0.4) is 0 Å². The predicted octanol–water partition coefficient (Wildman–Crippen LogP) is 3.24. The van der Waals surface area contributed by atoms with Crippen molar-refractivity contribution in [1.29, 1.82) is 0 Å². The first-order chi connectivity index (χ1) is 11.3. The third kappa shape index (κ3) is 4.07. The molecule has 0 spiro atoms. The van der Waals surface area contributed by atoms with Gasteiger partial charge in [0, 0.05) is 44.4 Å². The van der Waals surface area contributed by atoms with E-state index in [1.807, 2.05) is 25.1 Å². The zero-order valence-corrected chi connectivity index (χ0v) is 13.5. The molecule has 0 saturated carbocycles. The lowest BCUT2D eigenvalue weighted by molar-refractivity contribution is -0.114. The van der Waals surface area contributed by atoms with Crippen LogP contribution in [0.1, 0.15) is 17.3 Å². The van der Waals surface area contributed by atoms with Gasteiger partial charge in [-0.2, -0.15) is 0 Å². The van der Waals surface area contributed by atoms with E-state index in [-0.39, 0.29) is 11.4 Å². The van der Waals surface area contributed by atoms with Gasteiger partial charge < -0.3 is 15.5 Å². The van der Waals surface area contributed by atoms with Crippen LogP contribution in [0.25, 0.3) is 0 Å². The van der Waals surface area contributed by atoms with Crippen molar-refractivity contribution in [3.63, 3.8) is 0 Å². The minimum atomic E-state index is -1.12. The van der Waals surface area contributed by atoms with Gasteiger partial charge in [0.1, 0.15) is 0 Å². The number of nitrogens with one attached hydrogen (secondary N) is 2. The highest BCUT2D eigenvalue weighted by Crippen LogP contribution is 2.26. The van der Waals surface area contributed by atoms with Crippen LogP contribution in [0.5, 0.6) is 0 Å². The predicted molar refractivity (Wildman–Crippen MR) is 89.4 cm³/mol. The fraction of sp³-hybridized carbons (Fsp3) is 0.176. The van der Waals surface area contributed by atoms with Crippen LogP contribution in [0.4, 0.5) is 25.8 Å². The van der Waals surface area contributed by atoms with E-state index in [2.05, 4.69) is 10.6 Å². The second-order valence-electron chi connectivity index (χ2n) is 5.39. The maximum absolute atomic E-state index is 13.5. The van der Waals surface area contributed by atoms with Crippen molar-refractivity contribution in [2.75, 3.05) is 29.6 Å². The van der Waals surface area contributed by atoms with Gasteiger partial charge in [0.05, 0.1) is 11.4 Å². The van der Waals surface area contributed by atoms with Crippen LogP contribution in [0.15, 0.2) is 36.4 Å². The van der Waals surface area contributed by atoms with Crippen LogP contribution < -0.4 is 15.5 Å². The third-order valence-electron chi connectivity index (χ3n) is 3.24. The Bertz CT molecular complexity index is 791. The highest BCUT2D eigenvalue weighted by Gasteiger charge is 2.15. The topological polar surface area (TPSA) is 61.4 Å². The number of rotatable bonds is 4. The zero-order valence-electron chi connectivity index (χ0n) is 13.5. The molecule has 0 bridgehead atoms. The normalized spacial score (nSPS) is 10.2. The molecule has 2 rings (SSSR count). The van der Waals surface area contributed by atoms with E-state index in [9.17, 15) is 18.4 Å². The maximum Gasteiger partial charge on any atom is 0.255 e. The summed E-state index contributed by atoms with van der Waals surface area (Å²) in [6.45, 7) is 1.23. The van der Waals surface area contributed by atoms with E-state index in [0.29, 0.717) is 5.56 Å². The van der Waals surface area contributed by atoms with Gasteiger partial charge in [0.25, 0.3) is 5.91 Å². The Balaban J connectivity index is 2.33. The van der Waals surface area contributed by atoms with E-state index >= 15 is 0 Å². The van der Waals surface area contributed by atoms with Crippen LogP contribution in [-0.2, 0) is 4.79 Å². The number of carbonyl (C=O) groups is 2. The Morgan fingerprint density at radius 1 is 0.958 bits per heavy atom. The second-order valence-corrected chi connectivity index (χ2v) is 5.39. The molecule has 0 radical (unpaired) electrons. The molecule has 0 aliphatic rings. The lowest BCUT2D eigenvalue weighted by Gasteiger charge is -2.15. The molecular formula is C17H17F2N3O2. The van der Waals surface area contributed by atoms with Crippen molar-refractivity contribution < 1.29 is 18.4 Å². The van der Waals surface area contributed by atoms with Crippen molar-refractivity contribution in [1.82, 2.24) is 0 Å². The average Bonchev–Trinajstić information content (AvgIpc) is 2.51. The number of carbonyl (C=O) groups excluding carboxylic acids is 2. The van der Waals surface area contributed by atoms with Gasteiger partial charge in [-0.1, -0.05) is 6.07 Å². The molecule has 0 fully saturated rings. The molecule has 7 heteroatoms. The van der Waals surface area contributed by atoms with E-state index in [0.717, 1.165) is 17.8 Å². The van der Waals surface area contributed by atoms with Crippen molar-refractivity contribution in [2.24, 2.45) is 0 Å². The first kappa shape index (κ1) is 17.4. The number of amides is 2. The summed E-state index contributed by atoms with van der Waals surface area (Å²) in [6, 6.07) is 8.45. The zero-order chi connectivity index (χ0) is 17.9. The molecule has 0 atom stereocenters. The molecule has 0 unspecified atom stereocenters. The molecule has 0 heterocycles. The summed E-state index contributed by atoms with van der Waals surface area (Å²) in [7, 11) is 3.67. The summed E-state index contributed by atoms with van der Waals surface area (Å²) < 4.78 is 26.8. The van der Waals surface area contributed by atoms with Crippen molar-refractivity contribution in [3.8, 4) is 0 Å². The van der Waals surface area contributed by atoms with Gasteiger partial charge in [0.15, 0.2) is 11.6 Å². The van der Waals surface area contributed by atoms with E-state index < -0.39 is 23.4 Å². The summed E-state index contributed by atoms with van der Waals surface area (Å²) in [4.78, 5) is 25.4. The largest absolute Gasteiger partial charge is 0.378 e. The number of benzene rings is 2. The summed E-state index contributed by atoms with van der Waals surface area (Å²) in [5, 5.41) is 4.85. The molecule has 0 aliphatic carbocycles. The molecule has 2 aromatic carbocycles. The van der Waals surface area contributed by atoms with Crippen LogP contribution in [0, 0.1) is 11.6 Å². The van der Waals surface area contributed by atoms with Gasteiger partial charge in [-0.3, -0.25) is 9.59 Å². The van der Waals surface area contributed by atoms with Gasteiger partial charge in [-0.15, -0.1) is 0 Å². The van der Waals surface area contributed by atoms with Crippen LogP contribution in [-0.4, -0.2) is 25.9 Å². The lowest BCUT2D eigenvalue weighted by atomic mass is 10.1. The van der Waals surface area contributed by atoms with Crippen molar-refractivity contribution in [3.05, 3.63) is 53.6 Å². The summed E-state index contributed by atoms with van der Waals surface area (Å²) in [5.74, 6) is -3.21. The SMILES string of the molecule is CC(=O)Nc1cc(F)c(F)cc1NC(=O)c1cccc(N(C)C)c1. The third-order valence-corrected chi connectivity index (χ3v) is 3.24. The standard InChI is InChI=1S/C17H17F2N3O2/c1-10(23)20-15-8-13(18)14(19)9-16(15)21-17(24)11-5-4-6-12(7-11)22(2)3/h4-9H,1-3H3,(H,20,23)(H,21,24). The Labute approximate surface area is 138 Å². The molecular weight excluding hydrogens is 316 g/mol. The molecule has 0 aromatic heterocycles. The Morgan fingerprint density at radius 2 is 1.54 bits per heavy atom. The fourth-order valence-corrected chi connectivity index (χ4v) is 2.06. The molecule has 5 nitrogen and oxygen atoms in total. The minimum absolute atomic E-state index is 0.0153. The maximum atomic E-state index is 13.5. The van der Waals surface area contributed by atoms with E-state index in [1.165, 1.54) is 6.92 Å². The number of nitrogens with zero attached hydrogens (tertiary/aromatic N) is 1. The van der Waals surface area contributed by atoms with Crippen LogP contribution in [0.2, 0.25) is 0 Å². The summed E-state index contributed by atoms with van der Waals surface area (Å²) in [6.07, 6.45) is 0. The Kier molecular flexibility index (Phi) is 5.13. The van der Waals surface area contributed by atoms with E-state index in [4.69, 9.17) is 0 Å². The molecule has 2 aromatic rings. The lowest BCUT2D eigenvalue weighted by Crippen LogP contribution is -2.16. The molecule has 0 saturated heterocycles. The van der Waals surface area contributed by atoms with Crippen molar-refractivity contribution >= 4 is 28.9 Å². The monoisotopic (exact) mass is 333 g/mol. The highest BCUT2D eigenvalue weighted by molar-refractivity contribution is 6.07. The van der Waals surface area contributed by atoms with Gasteiger partial charge in [-0.05, 0) is 18.2 Å². The first-order valence-corrected chi connectivity index (χ1v) is 7.13. The highest BCUT2D eigenvalue weighted by atomic mass is 19.2. The van der Waals surface area contributed by atoms with Crippen molar-refractivity contribution in [2.45, 2.75) is 6.92 Å². The molecule has 2 N–H and O–H groups in total. The summed E-state index contributed by atoms with van der Waals surface area (Å²) >= 11 is 0. The second kappa shape index (κ2) is 7.08. The van der Waals surface area contributed by atoms with E-state index in [1.54, 1.807) is 18.2 Å². The summed E-state index contributed by atoms with van der Waals surface area (Å²) in [5.41, 5.74) is 1.12. The number of hydrogen-bond acceptors (Lipinski definition) is 3. The molecule has 24 heavy (non-hydrogen) atoms. The molecule has 0 aliphatic heterocycles. The smallest absolute Gasteiger partial charge is 0.255 e. The molecule has 126 valence electrons. The minimum Gasteiger partial charge on any atom is -0.378 e. The van der Waals surface area contributed by atoms with Gasteiger partial charge in [-0.25, -0.2) is 8.78 Å². The Hall–Kier alpha value is -2.96. The molecule has 2 amide bonds. The number of anilines is 3.